The van der Waals surface area contributed by atoms with E-state index in [1.165, 1.54) is 27.8 Å². The Labute approximate surface area is 129 Å². The van der Waals surface area contributed by atoms with Gasteiger partial charge in [0.05, 0.1) is 0 Å². The molecule has 0 aliphatic carbocycles. The molecule has 2 rings (SSSR count). The maximum absolute atomic E-state index is 3.66. The fourth-order valence-electron chi connectivity index (χ4n) is 3.16. The second-order valence-electron chi connectivity index (χ2n) is 5.86. The first kappa shape index (κ1) is 15.8. The molecule has 2 aromatic rings. The van der Waals surface area contributed by atoms with Crippen LogP contribution >= 0.6 is 0 Å². The van der Waals surface area contributed by atoms with Crippen molar-refractivity contribution in [2.24, 2.45) is 0 Å². The van der Waals surface area contributed by atoms with Crippen molar-refractivity contribution in [2.75, 3.05) is 6.54 Å². The number of benzene rings is 2. The molecule has 112 valence electrons. The first-order valence-electron chi connectivity index (χ1n) is 8.02. The van der Waals surface area contributed by atoms with Crippen molar-refractivity contribution >= 4 is 0 Å². The van der Waals surface area contributed by atoms with E-state index < -0.39 is 0 Å². The minimum absolute atomic E-state index is 0.396. The average Bonchev–Trinajstić information content (AvgIpc) is 2.45. The predicted octanol–water partition coefficient (Wildman–Crippen LogP) is 4.76. The Kier molecular flexibility index (Phi) is 5.58. The van der Waals surface area contributed by atoms with Crippen LogP contribution in [0.3, 0.4) is 0 Å². The summed E-state index contributed by atoms with van der Waals surface area (Å²) in [5.74, 6) is 0. The van der Waals surface area contributed by atoms with Crippen molar-refractivity contribution in [1.82, 2.24) is 5.32 Å². The van der Waals surface area contributed by atoms with E-state index >= 15 is 0 Å². The van der Waals surface area contributed by atoms with E-state index in [2.05, 4.69) is 75.5 Å². The fourth-order valence-corrected chi connectivity index (χ4v) is 3.16. The van der Waals surface area contributed by atoms with E-state index in [4.69, 9.17) is 0 Å². The molecule has 1 nitrogen and oxygen atoms in total. The molecule has 1 N–H and O–H groups in total. The highest BCUT2D eigenvalue weighted by Gasteiger charge is 2.14. The number of nitrogens with one attached hydrogen (secondary N) is 1. The second kappa shape index (κ2) is 7.42. The molecule has 1 atom stereocenters. The van der Waals surface area contributed by atoms with E-state index in [0.29, 0.717) is 6.04 Å². The lowest BCUT2D eigenvalue weighted by Crippen LogP contribution is -2.24. The maximum Gasteiger partial charge on any atom is 0.0363 e. The molecule has 0 fully saturated rings. The lowest BCUT2D eigenvalue weighted by atomic mass is 9.92. The van der Waals surface area contributed by atoms with Gasteiger partial charge >= 0.3 is 0 Å². The molecular weight excluding hydrogens is 254 g/mol. The van der Waals surface area contributed by atoms with Crippen molar-refractivity contribution < 1.29 is 0 Å². The highest BCUT2D eigenvalue weighted by atomic mass is 14.9. The lowest BCUT2D eigenvalue weighted by Gasteiger charge is -2.22. The third-order valence-corrected chi connectivity index (χ3v) is 3.98. The monoisotopic (exact) mass is 281 g/mol. The van der Waals surface area contributed by atoms with E-state index in [1.54, 1.807) is 0 Å². The minimum atomic E-state index is 0.396. The van der Waals surface area contributed by atoms with E-state index in [0.717, 1.165) is 19.4 Å². The Morgan fingerprint density at radius 3 is 2.24 bits per heavy atom. The van der Waals surface area contributed by atoms with Crippen LogP contribution in [-0.2, 0) is 12.8 Å². The van der Waals surface area contributed by atoms with E-state index in [1.807, 2.05) is 0 Å². The van der Waals surface area contributed by atoms with Crippen molar-refractivity contribution in [3.63, 3.8) is 0 Å². The van der Waals surface area contributed by atoms with Gasteiger partial charge in [0.25, 0.3) is 0 Å². The molecule has 0 aromatic heterocycles. The zero-order chi connectivity index (χ0) is 15.2. The average molecular weight is 281 g/mol. The van der Waals surface area contributed by atoms with Crippen LogP contribution in [-0.4, -0.2) is 6.54 Å². The summed E-state index contributed by atoms with van der Waals surface area (Å²) in [7, 11) is 0. The number of aryl methyl sites for hydroxylation is 3. The summed E-state index contributed by atoms with van der Waals surface area (Å²) in [6.07, 6.45) is 2.14. The Balaban J connectivity index is 2.30. The first-order chi connectivity index (χ1) is 10.1. The molecule has 0 bridgehead atoms. The van der Waals surface area contributed by atoms with Gasteiger partial charge in [-0.25, -0.2) is 0 Å². The normalized spacial score (nSPS) is 12.4. The van der Waals surface area contributed by atoms with Gasteiger partial charge in [-0.3, -0.25) is 0 Å². The minimum Gasteiger partial charge on any atom is -0.310 e. The molecule has 1 unspecified atom stereocenters. The van der Waals surface area contributed by atoms with Crippen LogP contribution in [0, 0.1) is 13.8 Å². The summed E-state index contributed by atoms with van der Waals surface area (Å²) in [4.78, 5) is 0. The van der Waals surface area contributed by atoms with Gasteiger partial charge in [-0.1, -0.05) is 67.4 Å². The molecule has 0 saturated carbocycles. The Bertz CT molecular complexity index is 566. The molecule has 0 aliphatic rings. The lowest BCUT2D eigenvalue weighted by molar-refractivity contribution is 0.545. The van der Waals surface area contributed by atoms with Crippen molar-refractivity contribution in [3.8, 4) is 0 Å². The van der Waals surface area contributed by atoms with Crippen molar-refractivity contribution in [2.45, 2.75) is 46.6 Å². The molecule has 0 amide bonds. The van der Waals surface area contributed by atoms with Crippen LogP contribution < -0.4 is 5.32 Å². The highest BCUT2D eigenvalue weighted by Crippen LogP contribution is 2.23. The molecule has 0 radical (unpaired) electrons. The molecule has 2 aromatic carbocycles. The smallest absolute Gasteiger partial charge is 0.0363 e. The van der Waals surface area contributed by atoms with Crippen LogP contribution in [0.25, 0.3) is 0 Å². The van der Waals surface area contributed by atoms with Gasteiger partial charge in [-0.2, -0.15) is 0 Å². The molecular formula is C20H27N. The van der Waals surface area contributed by atoms with Crippen LogP contribution in [0.4, 0.5) is 0 Å². The molecule has 0 saturated heterocycles. The number of hydrogen-bond acceptors (Lipinski definition) is 1. The summed E-state index contributed by atoms with van der Waals surface area (Å²) < 4.78 is 0. The van der Waals surface area contributed by atoms with Gasteiger partial charge in [0.2, 0.25) is 0 Å². The van der Waals surface area contributed by atoms with Gasteiger partial charge in [0.15, 0.2) is 0 Å². The fraction of sp³-hybridized carbons (Fsp3) is 0.400. The Hall–Kier alpha value is -1.60. The van der Waals surface area contributed by atoms with Crippen LogP contribution in [0.15, 0.2) is 42.5 Å². The van der Waals surface area contributed by atoms with Gasteiger partial charge in [0, 0.05) is 6.04 Å². The predicted molar refractivity (Wildman–Crippen MR) is 91.9 cm³/mol. The number of likely N-dealkylation sites (N-methyl/N-ethyl adjacent to an activating group) is 1. The van der Waals surface area contributed by atoms with Gasteiger partial charge in [-0.15, -0.1) is 0 Å². The zero-order valence-electron chi connectivity index (χ0n) is 13.7. The van der Waals surface area contributed by atoms with Crippen molar-refractivity contribution in [1.29, 1.82) is 0 Å². The highest BCUT2D eigenvalue weighted by molar-refractivity contribution is 5.34. The van der Waals surface area contributed by atoms with Crippen LogP contribution in [0.2, 0.25) is 0 Å². The zero-order valence-corrected chi connectivity index (χ0v) is 13.7. The van der Waals surface area contributed by atoms with Crippen molar-refractivity contribution in [3.05, 3.63) is 70.3 Å². The Morgan fingerprint density at radius 2 is 1.62 bits per heavy atom. The number of hydrogen-bond donors (Lipinski definition) is 1. The molecule has 1 heteroatoms. The van der Waals surface area contributed by atoms with E-state index in [-0.39, 0.29) is 0 Å². The summed E-state index contributed by atoms with van der Waals surface area (Å²) in [6.45, 7) is 9.77. The topological polar surface area (TPSA) is 12.0 Å². The van der Waals surface area contributed by atoms with Gasteiger partial charge < -0.3 is 5.32 Å². The summed E-state index contributed by atoms with van der Waals surface area (Å²) in [6, 6.07) is 16.1. The van der Waals surface area contributed by atoms with E-state index in [9.17, 15) is 0 Å². The summed E-state index contributed by atoms with van der Waals surface area (Å²) >= 11 is 0. The number of rotatable bonds is 6. The summed E-state index contributed by atoms with van der Waals surface area (Å²) in [5.41, 5.74) is 7.02. The SMILES string of the molecule is CCNC(Cc1cc(C)cc(C)c1)c1ccccc1CC. The second-order valence-corrected chi connectivity index (χ2v) is 5.86. The van der Waals surface area contributed by atoms with Gasteiger partial charge in [-0.05, 0) is 49.9 Å². The third-order valence-electron chi connectivity index (χ3n) is 3.98. The third kappa shape index (κ3) is 4.18. The summed E-state index contributed by atoms with van der Waals surface area (Å²) in [5, 5.41) is 3.66. The molecule has 21 heavy (non-hydrogen) atoms. The molecule has 0 spiro atoms. The standard InChI is InChI=1S/C20H27N/c1-5-18-9-7-8-10-19(18)20(21-6-2)14-17-12-15(3)11-16(4)13-17/h7-13,20-21H,5-6,14H2,1-4H3. The molecule has 0 heterocycles. The van der Waals surface area contributed by atoms with Crippen LogP contribution in [0.1, 0.15) is 47.7 Å². The Morgan fingerprint density at radius 1 is 0.952 bits per heavy atom. The quantitative estimate of drug-likeness (QED) is 0.805. The largest absolute Gasteiger partial charge is 0.310 e. The van der Waals surface area contributed by atoms with Crippen LogP contribution in [0.5, 0.6) is 0 Å². The maximum atomic E-state index is 3.66. The molecule has 0 aliphatic heterocycles. The van der Waals surface area contributed by atoms with Gasteiger partial charge in [0.1, 0.15) is 0 Å². The first-order valence-corrected chi connectivity index (χ1v) is 8.02.